The molecule has 18 heavy (non-hydrogen) atoms. The Morgan fingerprint density at radius 3 is 2.61 bits per heavy atom. The summed E-state index contributed by atoms with van der Waals surface area (Å²) in [5.74, 6) is 0. The molecule has 0 saturated heterocycles. The topological polar surface area (TPSA) is 30.7 Å². The molecule has 0 aliphatic carbocycles. The molecule has 3 aromatic rings. The molecule has 0 spiro atoms. The van der Waals surface area contributed by atoms with Gasteiger partial charge in [0, 0.05) is 0 Å². The van der Waals surface area contributed by atoms with E-state index in [4.69, 9.17) is 0 Å². The second-order valence-electron chi connectivity index (χ2n) is 4.07. The monoisotopic (exact) mass is 235 g/mol. The molecule has 3 nitrogen and oxygen atoms in total. The Morgan fingerprint density at radius 1 is 0.944 bits per heavy atom. The average Bonchev–Trinajstić information content (AvgIpc) is 2.84. The van der Waals surface area contributed by atoms with Gasteiger partial charge in [-0.05, 0) is 17.7 Å². The van der Waals surface area contributed by atoms with E-state index in [1.165, 1.54) is 5.56 Å². The zero-order valence-corrected chi connectivity index (χ0v) is 9.90. The Labute approximate surface area is 105 Å². The lowest BCUT2D eigenvalue weighted by Gasteiger charge is -1.96. The van der Waals surface area contributed by atoms with Crippen LogP contribution < -0.4 is 0 Å². The fourth-order valence-corrected chi connectivity index (χ4v) is 1.90. The van der Waals surface area contributed by atoms with Crippen LogP contribution in [-0.4, -0.2) is 15.0 Å². The Morgan fingerprint density at radius 2 is 1.72 bits per heavy atom. The van der Waals surface area contributed by atoms with Gasteiger partial charge in [-0.15, -0.1) is 5.10 Å². The van der Waals surface area contributed by atoms with Gasteiger partial charge < -0.3 is 0 Å². The normalized spacial score (nSPS) is 11.3. The maximum atomic E-state index is 4.14. The van der Waals surface area contributed by atoms with Gasteiger partial charge in [-0.25, -0.2) is 4.68 Å². The van der Waals surface area contributed by atoms with E-state index in [0.717, 1.165) is 17.6 Å². The molecule has 0 atom stereocenters. The third-order valence-electron chi connectivity index (χ3n) is 2.81. The van der Waals surface area contributed by atoms with Crippen molar-refractivity contribution in [1.82, 2.24) is 15.0 Å². The van der Waals surface area contributed by atoms with Crippen molar-refractivity contribution in [3.05, 3.63) is 66.2 Å². The first kappa shape index (κ1) is 10.7. The van der Waals surface area contributed by atoms with Crippen molar-refractivity contribution in [3.8, 4) is 0 Å². The van der Waals surface area contributed by atoms with Crippen molar-refractivity contribution < 1.29 is 0 Å². The van der Waals surface area contributed by atoms with Crippen LogP contribution in [0.3, 0.4) is 0 Å². The van der Waals surface area contributed by atoms with Crippen LogP contribution in [0.1, 0.15) is 5.56 Å². The molecule has 0 bridgehead atoms. The van der Waals surface area contributed by atoms with Crippen molar-refractivity contribution in [2.24, 2.45) is 0 Å². The number of rotatable bonds is 3. The smallest absolute Gasteiger partial charge is 0.113 e. The van der Waals surface area contributed by atoms with Gasteiger partial charge >= 0.3 is 0 Å². The van der Waals surface area contributed by atoms with E-state index in [1.807, 2.05) is 47.1 Å². The Balaban J connectivity index is 1.79. The average molecular weight is 235 g/mol. The van der Waals surface area contributed by atoms with Crippen molar-refractivity contribution in [3.63, 3.8) is 0 Å². The molecule has 3 rings (SSSR count). The van der Waals surface area contributed by atoms with Gasteiger partial charge in [0.15, 0.2) is 0 Å². The summed E-state index contributed by atoms with van der Waals surface area (Å²) in [6, 6.07) is 18.2. The molecule has 0 aliphatic heterocycles. The molecule has 0 amide bonds. The van der Waals surface area contributed by atoms with Gasteiger partial charge in [0.2, 0.25) is 0 Å². The lowest BCUT2D eigenvalue weighted by Crippen LogP contribution is -1.97. The summed E-state index contributed by atoms with van der Waals surface area (Å²) in [5, 5.41) is 8.27. The van der Waals surface area contributed by atoms with E-state index in [-0.39, 0.29) is 0 Å². The van der Waals surface area contributed by atoms with E-state index in [2.05, 4.69) is 34.6 Å². The van der Waals surface area contributed by atoms with E-state index < -0.39 is 0 Å². The molecule has 2 aromatic carbocycles. The number of fused-ring (bicyclic) bond motifs is 1. The van der Waals surface area contributed by atoms with Crippen LogP contribution in [0.5, 0.6) is 0 Å². The van der Waals surface area contributed by atoms with Gasteiger partial charge in [0.05, 0.1) is 12.1 Å². The SMILES string of the molecule is C(=Cc1ccccc1)Cn1nnc2ccccc21. The van der Waals surface area contributed by atoms with Crippen LogP contribution in [0.2, 0.25) is 0 Å². The fourth-order valence-electron chi connectivity index (χ4n) is 1.90. The lowest BCUT2D eigenvalue weighted by molar-refractivity contribution is 0.683. The number of hydrogen-bond acceptors (Lipinski definition) is 2. The van der Waals surface area contributed by atoms with Crippen LogP contribution in [0.15, 0.2) is 60.7 Å². The first-order chi connectivity index (χ1) is 8.93. The molecule has 1 aromatic heterocycles. The second kappa shape index (κ2) is 4.84. The molecule has 88 valence electrons. The summed E-state index contributed by atoms with van der Waals surface area (Å²) < 4.78 is 1.90. The highest BCUT2D eigenvalue weighted by Crippen LogP contribution is 2.10. The zero-order chi connectivity index (χ0) is 12.2. The van der Waals surface area contributed by atoms with E-state index in [0.29, 0.717) is 0 Å². The number of aromatic nitrogens is 3. The van der Waals surface area contributed by atoms with Gasteiger partial charge in [0.25, 0.3) is 0 Å². The number of allylic oxidation sites excluding steroid dienone is 1. The molecule has 3 heteroatoms. The summed E-state index contributed by atoms with van der Waals surface area (Å²) in [6.07, 6.45) is 4.19. The summed E-state index contributed by atoms with van der Waals surface area (Å²) in [6.45, 7) is 0.732. The Kier molecular flexibility index (Phi) is 2.88. The highest BCUT2D eigenvalue weighted by atomic mass is 15.4. The van der Waals surface area contributed by atoms with Crippen LogP contribution in [0.4, 0.5) is 0 Å². The van der Waals surface area contributed by atoms with Crippen LogP contribution in [0, 0.1) is 0 Å². The number of hydrogen-bond donors (Lipinski definition) is 0. The molecule has 0 saturated carbocycles. The summed E-state index contributed by atoms with van der Waals surface area (Å²) in [7, 11) is 0. The minimum Gasteiger partial charge on any atom is -0.241 e. The molecular weight excluding hydrogens is 222 g/mol. The molecule has 0 N–H and O–H groups in total. The molecule has 0 aliphatic rings. The zero-order valence-electron chi connectivity index (χ0n) is 9.90. The maximum Gasteiger partial charge on any atom is 0.113 e. The number of para-hydroxylation sites is 1. The highest BCUT2D eigenvalue weighted by Gasteiger charge is 2.00. The third kappa shape index (κ3) is 2.15. The minimum atomic E-state index is 0.732. The van der Waals surface area contributed by atoms with Crippen LogP contribution in [0.25, 0.3) is 17.1 Å². The van der Waals surface area contributed by atoms with Crippen molar-refractivity contribution in [2.75, 3.05) is 0 Å². The number of benzene rings is 2. The van der Waals surface area contributed by atoms with Gasteiger partial charge in [-0.2, -0.15) is 0 Å². The molecule has 0 fully saturated rings. The minimum absolute atomic E-state index is 0.732. The van der Waals surface area contributed by atoms with Crippen molar-refractivity contribution >= 4 is 17.1 Å². The summed E-state index contributed by atoms with van der Waals surface area (Å²) in [4.78, 5) is 0. The Hall–Kier alpha value is -2.42. The maximum absolute atomic E-state index is 4.14. The standard InChI is InChI=1S/C15H13N3/c1-2-7-13(8-3-1)9-6-12-18-15-11-5-4-10-14(15)16-17-18/h1-11H,12H2. The molecule has 0 unspecified atom stereocenters. The van der Waals surface area contributed by atoms with Gasteiger partial charge in [-0.3, -0.25) is 0 Å². The predicted octanol–water partition coefficient (Wildman–Crippen LogP) is 3.14. The highest BCUT2D eigenvalue weighted by molar-refractivity contribution is 5.73. The van der Waals surface area contributed by atoms with Gasteiger partial charge in [-0.1, -0.05) is 59.8 Å². The van der Waals surface area contributed by atoms with Crippen LogP contribution >= 0.6 is 0 Å². The van der Waals surface area contributed by atoms with E-state index >= 15 is 0 Å². The van der Waals surface area contributed by atoms with Gasteiger partial charge in [0.1, 0.15) is 5.52 Å². The lowest BCUT2D eigenvalue weighted by atomic mass is 10.2. The number of nitrogens with zero attached hydrogens (tertiary/aromatic N) is 3. The third-order valence-corrected chi connectivity index (χ3v) is 2.81. The molecular formula is C15H13N3. The fraction of sp³-hybridized carbons (Fsp3) is 0.0667. The molecule has 0 radical (unpaired) electrons. The first-order valence-corrected chi connectivity index (χ1v) is 5.93. The van der Waals surface area contributed by atoms with E-state index in [9.17, 15) is 0 Å². The van der Waals surface area contributed by atoms with E-state index in [1.54, 1.807) is 0 Å². The van der Waals surface area contributed by atoms with Crippen LogP contribution in [-0.2, 0) is 6.54 Å². The Bertz CT molecular complexity index is 668. The van der Waals surface area contributed by atoms with Crippen molar-refractivity contribution in [1.29, 1.82) is 0 Å². The second-order valence-corrected chi connectivity index (χ2v) is 4.07. The predicted molar refractivity (Wildman–Crippen MR) is 73.0 cm³/mol. The summed E-state index contributed by atoms with van der Waals surface area (Å²) in [5.41, 5.74) is 3.20. The largest absolute Gasteiger partial charge is 0.241 e. The quantitative estimate of drug-likeness (QED) is 0.698. The molecule has 1 heterocycles. The van der Waals surface area contributed by atoms with Crippen molar-refractivity contribution in [2.45, 2.75) is 6.54 Å². The summed E-state index contributed by atoms with van der Waals surface area (Å²) >= 11 is 0. The first-order valence-electron chi connectivity index (χ1n) is 5.93.